The molecule has 0 saturated carbocycles. The van der Waals surface area contributed by atoms with E-state index in [0.717, 1.165) is 48.1 Å². The first-order valence-electron chi connectivity index (χ1n) is 10.9. The predicted octanol–water partition coefficient (Wildman–Crippen LogP) is 5.52. The van der Waals surface area contributed by atoms with Gasteiger partial charge in [0.15, 0.2) is 11.5 Å². The van der Waals surface area contributed by atoms with Crippen LogP contribution in [0.3, 0.4) is 0 Å². The number of nitrogens with two attached hydrogens (primary N) is 1. The number of pyridine rings is 1. The number of benzene rings is 2. The number of hydrogen-bond acceptors (Lipinski definition) is 4. The zero-order valence-electron chi connectivity index (χ0n) is 18.2. The third-order valence-electron chi connectivity index (χ3n) is 5.98. The third kappa shape index (κ3) is 4.51. The molecule has 2 aromatic carbocycles. The first-order valence-corrected chi connectivity index (χ1v) is 11.3. The van der Waals surface area contributed by atoms with Gasteiger partial charge in [0.25, 0.3) is 5.82 Å². The van der Waals surface area contributed by atoms with Crippen molar-refractivity contribution in [3.8, 4) is 28.7 Å². The van der Waals surface area contributed by atoms with Gasteiger partial charge in [-0.05, 0) is 43.0 Å². The lowest BCUT2D eigenvalue weighted by atomic mass is 9.88. The van der Waals surface area contributed by atoms with Crippen LogP contribution in [-0.4, -0.2) is 7.11 Å². The Bertz CT molecular complexity index is 1170. The van der Waals surface area contributed by atoms with Crippen molar-refractivity contribution in [2.75, 3.05) is 12.8 Å². The lowest BCUT2D eigenvalue weighted by Crippen LogP contribution is -2.23. The van der Waals surface area contributed by atoms with Crippen molar-refractivity contribution < 1.29 is 14.5 Å². The number of nitrogens with zero attached hydrogens (tertiary/aromatic N) is 1. The van der Waals surface area contributed by atoms with E-state index >= 15 is 0 Å². The van der Waals surface area contributed by atoms with E-state index in [1.165, 1.54) is 18.4 Å². The highest BCUT2D eigenvalue weighted by molar-refractivity contribution is 6.31. The number of methoxy groups -OCH3 is 1. The van der Waals surface area contributed by atoms with Crippen molar-refractivity contribution in [2.45, 2.75) is 45.1 Å². The van der Waals surface area contributed by atoms with Crippen LogP contribution in [0.4, 0.5) is 5.82 Å². The molecule has 164 valence electrons. The number of ether oxygens (including phenoxy) is 2. The second-order valence-electron chi connectivity index (χ2n) is 8.02. The van der Waals surface area contributed by atoms with Crippen LogP contribution >= 0.6 is 11.6 Å². The van der Waals surface area contributed by atoms with Crippen LogP contribution in [0.2, 0.25) is 5.02 Å². The number of H-pyrrole nitrogens is 1. The first-order chi connectivity index (χ1) is 15.6. The normalized spacial score (nSPS) is 13.4. The fraction of sp³-hybridized carbons (Fsp3) is 0.308. The number of fused-ring (bicyclic) bond motifs is 1. The highest BCUT2D eigenvalue weighted by atomic mass is 35.5. The van der Waals surface area contributed by atoms with Crippen molar-refractivity contribution in [3.63, 3.8) is 0 Å². The molecule has 0 amide bonds. The number of nitriles is 1. The SMILES string of the molecule is COc1cc(-c2c(C#N)c(N)[nH+]c3c2CCCCCC3)ccc1OCc1ccccc1Cl. The van der Waals surface area contributed by atoms with E-state index in [0.29, 0.717) is 34.5 Å². The second kappa shape index (κ2) is 9.93. The fourth-order valence-electron chi connectivity index (χ4n) is 4.33. The van der Waals surface area contributed by atoms with Crippen LogP contribution < -0.4 is 20.2 Å². The van der Waals surface area contributed by atoms with Crippen LogP contribution in [0.25, 0.3) is 11.1 Å². The maximum absolute atomic E-state index is 9.89. The lowest BCUT2D eigenvalue weighted by Gasteiger charge is -2.18. The molecule has 4 rings (SSSR count). The standard InChI is InChI=1S/C26H26ClN3O2/c1-31-24-14-17(12-13-23(24)32-16-18-8-6-7-10-21(18)27)25-19-9-4-2-3-5-11-22(19)30-26(29)20(25)15-28/h6-8,10,12-14H,2-5,9,11,16H2,1H3,(H2,29,30)/p+1. The summed E-state index contributed by atoms with van der Waals surface area (Å²) in [5.41, 5.74) is 11.8. The van der Waals surface area contributed by atoms with Gasteiger partial charge < -0.3 is 9.47 Å². The number of aromatic nitrogens is 1. The summed E-state index contributed by atoms with van der Waals surface area (Å²) in [4.78, 5) is 3.30. The molecule has 3 aromatic rings. The minimum atomic E-state index is 0.335. The molecule has 0 aliphatic heterocycles. The quantitative estimate of drug-likeness (QED) is 0.556. The summed E-state index contributed by atoms with van der Waals surface area (Å²) < 4.78 is 11.6. The van der Waals surface area contributed by atoms with Crippen LogP contribution in [-0.2, 0) is 19.4 Å². The monoisotopic (exact) mass is 448 g/mol. The molecule has 5 nitrogen and oxygen atoms in total. The minimum Gasteiger partial charge on any atom is -0.493 e. The Kier molecular flexibility index (Phi) is 6.82. The molecular weight excluding hydrogens is 422 g/mol. The largest absolute Gasteiger partial charge is 0.493 e. The van der Waals surface area contributed by atoms with E-state index in [1.807, 2.05) is 42.5 Å². The Morgan fingerprint density at radius 3 is 2.59 bits per heavy atom. The predicted molar refractivity (Wildman–Crippen MR) is 126 cm³/mol. The zero-order chi connectivity index (χ0) is 22.5. The third-order valence-corrected chi connectivity index (χ3v) is 6.35. The minimum absolute atomic E-state index is 0.335. The maximum Gasteiger partial charge on any atom is 0.289 e. The van der Waals surface area contributed by atoms with Crippen molar-refractivity contribution >= 4 is 17.4 Å². The Hall–Kier alpha value is -3.23. The van der Waals surface area contributed by atoms with E-state index in [9.17, 15) is 5.26 Å². The van der Waals surface area contributed by atoms with Crippen LogP contribution in [0.5, 0.6) is 11.5 Å². The smallest absolute Gasteiger partial charge is 0.289 e. The summed E-state index contributed by atoms with van der Waals surface area (Å²) >= 11 is 6.25. The molecule has 1 heterocycles. The summed E-state index contributed by atoms with van der Waals surface area (Å²) in [7, 11) is 1.62. The Labute approximate surface area is 193 Å². The number of halogens is 1. The van der Waals surface area contributed by atoms with Crippen molar-refractivity contribution in [1.29, 1.82) is 5.26 Å². The molecule has 6 heteroatoms. The van der Waals surface area contributed by atoms with Crippen molar-refractivity contribution in [1.82, 2.24) is 0 Å². The van der Waals surface area contributed by atoms with Crippen LogP contribution in [0.1, 0.15) is 48.1 Å². The summed E-state index contributed by atoms with van der Waals surface area (Å²) in [6.45, 7) is 0.335. The summed E-state index contributed by atoms with van der Waals surface area (Å²) in [6.07, 6.45) is 6.49. The number of anilines is 1. The van der Waals surface area contributed by atoms with Crippen molar-refractivity contribution in [3.05, 3.63) is 69.9 Å². The van der Waals surface area contributed by atoms with Gasteiger partial charge in [-0.15, -0.1) is 0 Å². The maximum atomic E-state index is 9.89. The highest BCUT2D eigenvalue weighted by Crippen LogP contribution is 2.38. The van der Waals surface area contributed by atoms with E-state index in [2.05, 4.69) is 11.1 Å². The highest BCUT2D eigenvalue weighted by Gasteiger charge is 2.24. The Balaban J connectivity index is 1.74. The molecule has 3 N–H and O–H groups in total. The fourth-order valence-corrected chi connectivity index (χ4v) is 4.52. The molecule has 0 saturated heterocycles. The molecule has 0 fully saturated rings. The molecule has 0 radical (unpaired) electrons. The van der Waals surface area contributed by atoms with E-state index in [-0.39, 0.29) is 0 Å². The molecular formula is C26H27ClN3O2+. The second-order valence-corrected chi connectivity index (χ2v) is 8.42. The lowest BCUT2D eigenvalue weighted by molar-refractivity contribution is -0.374. The number of rotatable bonds is 5. The average Bonchev–Trinajstić information content (AvgIpc) is 2.79. The Morgan fingerprint density at radius 2 is 1.84 bits per heavy atom. The molecule has 1 aliphatic rings. The van der Waals surface area contributed by atoms with Gasteiger partial charge in [-0.25, -0.2) is 4.98 Å². The Morgan fingerprint density at radius 1 is 1.06 bits per heavy atom. The number of nitrogen functional groups attached to an aromatic ring is 1. The summed E-state index contributed by atoms with van der Waals surface area (Å²) in [5.74, 6) is 1.64. The molecule has 1 aliphatic carbocycles. The van der Waals surface area contributed by atoms with Gasteiger partial charge in [-0.3, -0.25) is 5.73 Å². The number of hydrogen-bond donors (Lipinski definition) is 1. The zero-order valence-corrected chi connectivity index (χ0v) is 19.0. The molecule has 0 atom stereocenters. The number of aryl methyl sites for hydroxylation is 1. The van der Waals surface area contributed by atoms with Gasteiger partial charge >= 0.3 is 0 Å². The topological polar surface area (TPSA) is 82.4 Å². The molecule has 0 bridgehead atoms. The van der Waals surface area contributed by atoms with Gasteiger partial charge in [-0.2, -0.15) is 5.26 Å². The van der Waals surface area contributed by atoms with Crippen LogP contribution in [0, 0.1) is 11.3 Å². The van der Waals surface area contributed by atoms with E-state index in [1.54, 1.807) is 7.11 Å². The molecule has 32 heavy (non-hydrogen) atoms. The number of aromatic amines is 1. The van der Waals surface area contributed by atoms with Crippen LogP contribution in [0.15, 0.2) is 42.5 Å². The van der Waals surface area contributed by atoms with Gasteiger partial charge in [0.05, 0.1) is 7.11 Å². The van der Waals surface area contributed by atoms with Crippen molar-refractivity contribution in [2.24, 2.45) is 0 Å². The number of nitrogens with one attached hydrogen (secondary N) is 1. The first kappa shape index (κ1) is 22.0. The van der Waals surface area contributed by atoms with Gasteiger partial charge in [0.1, 0.15) is 23.9 Å². The van der Waals surface area contributed by atoms with E-state index in [4.69, 9.17) is 26.8 Å². The molecule has 0 spiro atoms. The summed E-state index contributed by atoms with van der Waals surface area (Å²) in [5, 5.41) is 10.6. The molecule has 1 aromatic heterocycles. The van der Waals surface area contributed by atoms with Gasteiger partial charge in [-0.1, -0.05) is 48.7 Å². The summed E-state index contributed by atoms with van der Waals surface area (Å²) in [6, 6.07) is 15.7. The van der Waals surface area contributed by atoms with Gasteiger partial charge in [0.2, 0.25) is 0 Å². The average molecular weight is 449 g/mol. The van der Waals surface area contributed by atoms with E-state index < -0.39 is 0 Å². The molecule has 0 unspecified atom stereocenters. The van der Waals surface area contributed by atoms with Gasteiger partial charge in [0, 0.05) is 28.1 Å².